The van der Waals surface area contributed by atoms with Gasteiger partial charge in [0.15, 0.2) is 0 Å². The van der Waals surface area contributed by atoms with Gasteiger partial charge in [-0.2, -0.15) is 0 Å². The normalized spacial score (nSPS) is 14.2. The Labute approximate surface area is 181 Å². The molecule has 31 heavy (non-hydrogen) atoms. The van der Waals surface area contributed by atoms with Crippen LogP contribution in [0.4, 0.5) is 10.5 Å². The second-order valence-corrected chi connectivity index (χ2v) is 7.28. The van der Waals surface area contributed by atoms with Crippen LogP contribution in [0.2, 0.25) is 0 Å². The van der Waals surface area contributed by atoms with Crippen molar-refractivity contribution in [2.45, 2.75) is 18.9 Å². The summed E-state index contributed by atoms with van der Waals surface area (Å²) in [6.07, 6.45) is 3.01. The summed E-state index contributed by atoms with van der Waals surface area (Å²) < 4.78 is 5.82. The highest BCUT2D eigenvalue weighted by molar-refractivity contribution is 5.91. The second kappa shape index (κ2) is 9.75. The number of aromatic nitrogens is 1. The molecule has 1 fully saturated rings. The largest absolute Gasteiger partial charge is 0.437 e. The number of nitrogens with zero attached hydrogens (tertiary/aromatic N) is 2. The van der Waals surface area contributed by atoms with Gasteiger partial charge in [-0.1, -0.05) is 48.5 Å². The van der Waals surface area contributed by atoms with Crippen molar-refractivity contribution in [3.63, 3.8) is 0 Å². The zero-order valence-corrected chi connectivity index (χ0v) is 17.0. The van der Waals surface area contributed by atoms with Crippen LogP contribution >= 0.6 is 0 Å². The van der Waals surface area contributed by atoms with Crippen molar-refractivity contribution in [1.29, 1.82) is 0 Å². The minimum absolute atomic E-state index is 0.119. The van der Waals surface area contributed by atoms with Crippen LogP contribution in [0.1, 0.15) is 24.4 Å². The molecule has 0 radical (unpaired) electrons. The zero-order valence-electron chi connectivity index (χ0n) is 17.0. The summed E-state index contributed by atoms with van der Waals surface area (Å²) in [6, 6.07) is 21.6. The average molecular weight is 416 g/mol. The number of para-hydroxylation sites is 1. The fourth-order valence-electron chi connectivity index (χ4n) is 3.52. The number of amides is 3. The fraction of sp³-hybridized carbons (Fsp3) is 0.208. The molecule has 1 aliphatic heterocycles. The summed E-state index contributed by atoms with van der Waals surface area (Å²) in [5.74, 6) is 1.04. The quantitative estimate of drug-likeness (QED) is 0.599. The number of urea groups is 1. The van der Waals surface area contributed by atoms with Crippen LogP contribution in [0.3, 0.4) is 0 Å². The van der Waals surface area contributed by atoms with E-state index >= 15 is 0 Å². The van der Waals surface area contributed by atoms with E-state index in [4.69, 9.17) is 4.74 Å². The van der Waals surface area contributed by atoms with Crippen LogP contribution in [-0.2, 0) is 4.79 Å². The molecule has 0 aliphatic carbocycles. The Hall–Kier alpha value is -3.87. The third-order valence-electron chi connectivity index (χ3n) is 5.06. The third-order valence-corrected chi connectivity index (χ3v) is 5.06. The van der Waals surface area contributed by atoms with Crippen LogP contribution < -0.4 is 15.4 Å². The molecule has 0 spiro atoms. The van der Waals surface area contributed by atoms with Crippen molar-refractivity contribution in [1.82, 2.24) is 15.2 Å². The van der Waals surface area contributed by atoms with E-state index in [1.165, 1.54) is 0 Å². The Bertz CT molecular complexity index is 1030. The van der Waals surface area contributed by atoms with Crippen LogP contribution in [0.5, 0.6) is 11.6 Å². The molecule has 7 heteroatoms. The van der Waals surface area contributed by atoms with Gasteiger partial charge in [0.1, 0.15) is 11.4 Å². The number of rotatable bonds is 7. The van der Waals surface area contributed by atoms with Crippen LogP contribution in [0.25, 0.3) is 0 Å². The van der Waals surface area contributed by atoms with Gasteiger partial charge in [0, 0.05) is 25.7 Å². The first-order valence-corrected chi connectivity index (χ1v) is 10.3. The van der Waals surface area contributed by atoms with E-state index in [0.29, 0.717) is 36.8 Å². The third kappa shape index (κ3) is 5.39. The van der Waals surface area contributed by atoms with Gasteiger partial charge in [0.05, 0.1) is 6.04 Å². The molecule has 3 amide bonds. The van der Waals surface area contributed by atoms with E-state index < -0.39 is 6.03 Å². The summed E-state index contributed by atoms with van der Waals surface area (Å²) in [4.78, 5) is 31.0. The molecule has 7 nitrogen and oxygen atoms in total. The SMILES string of the molecule is O=C(Nc1cccnc1Oc1ccccc1)N[C@@H](CN1CCCC1=O)c1ccccc1. The zero-order chi connectivity index (χ0) is 21.5. The highest BCUT2D eigenvalue weighted by atomic mass is 16.5. The van der Waals surface area contributed by atoms with E-state index in [2.05, 4.69) is 15.6 Å². The standard InChI is InChI=1S/C24H24N4O3/c29-22-14-8-16-28(22)17-21(18-9-3-1-4-10-18)27-24(30)26-20-13-7-15-25-23(20)31-19-11-5-2-6-12-19/h1-7,9-13,15,21H,8,14,16-17H2,(H2,26,27,30)/t21-/m0/s1. The molecule has 1 atom stereocenters. The lowest BCUT2D eigenvalue weighted by Crippen LogP contribution is -2.40. The van der Waals surface area contributed by atoms with E-state index in [1.54, 1.807) is 23.2 Å². The number of hydrogen-bond donors (Lipinski definition) is 2. The summed E-state index contributed by atoms with van der Waals surface area (Å²) in [5, 5.41) is 5.82. The monoisotopic (exact) mass is 416 g/mol. The van der Waals surface area contributed by atoms with Gasteiger partial charge in [0.25, 0.3) is 0 Å². The van der Waals surface area contributed by atoms with Gasteiger partial charge in [-0.3, -0.25) is 4.79 Å². The molecule has 2 N–H and O–H groups in total. The Morgan fingerprint density at radius 3 is 2.48 bits per heavy atom. The number of pyridine rings is 1. The topological polar surface area (TPSA) is 83.6 Å². The van der Waals surface area contributed by atoms with Gasteiger partial charge >= 0.3 is 6.03 Å². The molecule has 1 saturated heterocycles. The van der Waals surface area contributed by atoms with Gasteiger partial charge in [-0.05, 0) is 36.2 Å². The minimum Gasteiger partial charge on any atom is -0.437 e. The molecular formula is C24H24N4O3. The maximum atomic E-state index is 12.8. The summed E-state index contributed by atoms with van der Waals surface area (Å²) in [6.45, 7) is 1.14. The molecule has 1 aromatic heterocycles. The molecule has 0 saturated carbocycles. The molecule has 1 aliphatic rings. The Kier molecular flexibility index (Phi) is 6.42. The lowest BCUT2D eigenvalue weighted by atomic mass is 10.1. The van der Waals surface area contributed by atoms with Gasteiger partial charge in [-0.15, -0.1) is 0 Å². The van der Waals surface area contributed by atoms with Crippen LogP contribution in [0.15, 0.2) is 79.0 Å². The van der Waals surface area contributed by atoms with E-state index in [9.17, 15) is 9.59 Å². The van der Waals surface area contributed by atoms with Crippen LogP contribution in [0, 0.1) is 0 Å². The average Bonchev–Trinajstić information content (AvgIpc) is 3.20. The molecule has 2 heterocycles. The first kappa shape index (κ1) is 20.4. The first-order chi connectivity index (χ1) is 15.2. The smallest absolute Gasteiger partial charge is 0.319 e. The van der Waals surface area contributed by atoms with Crippen molar-refractivity contribution in [2.75, 3.05) is 18.4 Å². The van der Waals surface area contributed by atoms with Crippen molar-refractivity contribution in [3.8, 4) is 11.6 Å². The van der Waals surface area contributed by atoms with E-state index in [-0.39, 0.29) is 11.9 Å². The lowest BCUT2D eigenvalue weighted by Gasteiger charge is -2.25. The van der Waals surface area contributed by atoms with E-state index in [0.717, 1.165) is 12.0 Å². The molecule has 2 aromatic carbocycles. The lowest BCUT2D eigenvalue weighted by molar-refractivity contribution is -0.128. The molecule has 0 unspecified atom stereocenters. The first-order valence-electron chi connectivity index (χ1n) is 10.3. The molecule has 3 aromatic rings. The Morgan fingerprint density at radius 2 is 1.77 bits per heavy atom. The molecule has 4 rings (SSSR count). The number of nitrogens with one attached hydrogen (secondary N) is 2. The molecule has 0 bridgehead atoms. The number of benzene rings is 2. The van der Waals surface area contributed by atoms with Gasteiger partial charge in [-0.25, -0.2) is 9.78 Å². The van der Waals surface area contributed by atoms with E-state index in [1.807, 2.05) is 60.7 Å². The van der Waals surface area contributed by atoms with Crippen molar-refractivity contribution in [3.05, 3.63) is 84.6 Å². The molecular weight excluding hydrogens is 392 g/mol. The highest BCUT2D eigenvalue weighted by Crippen LogP contribution is 2.27. The number of carbonyl (C=O) groups is 2. The fourth-order valence-corrected chi connectivity index (χ4v) is 3.52. The number of hydrogen-bond acceptors (Lipinski definition) is 4. The number of anilines is 1. The van der Waals surface area contributed by atoms with Gasteiger partial charge in [0.2, 0.25) is 11.8 Å². The maximum Gasteiger partial charge on any atom is 0.319 e. The predicted octanol–water partition coefficient (Wildman–Crippen LogP) is 4.36. The summed E-state index contributed by atoms with van der Waals surface area (Å²) in [5.41, 5.74) is 1.39. The van der Waals surface area contributed by atoms with Crippen molar-refractivity contribution >= 4 is 17.6 Å². The maximum absolute atomic E-state index is 12.8. The Balaban J connectivity index is 1.47. The summed E-state index contributed by atoms with van der Waals surface area (Å²) >= 11 is 0. The number of likely N-dealkylation sites (tertiary alicyclic amines) is 1. The highest BCUT2D eigenvalue weighted by Gasteiger charge is 2.25. The minimum atomic E-state index is -0.397. The van der Waals surface area contributed by atoms with Crippen molar-refractivity contribution in [2.24, 2.45) is 0 Å². The molecule has 158 valence electrons. The predicted molar refractivity (Wildman–Crippen MR) is 118 cm³/mol. The van der Waals surface area contributed by atoms with Crippen molar-refractivity contribution < 1.29 is 14.3 Å². The van der Waals surface area contributed by atoms with Gasteiger partial charge < -0.3 is 20.3 Å². The Morgan fingerprint density at radius 1 is 1.03 bits per heavy atom. The second-order valence-electron chi connectivity index (χ2n) is 7.28. The summed E-state index contributed by atoms with van der Waals surface area (Å²) in [7, 11) is 0. The number of carbonyl (C=O) groups excluding carboxylic acids is 2. The van der Waals surface area contributed by atoms with Crippen LogP contribution in [-0.4, -0.2) is 34.9 Å². The number of ether oxygens (including phenoxy) is 1.